The number of fused-ring (bicyclic) bond motifs is 1. The third-order valence-corrected chi connectivity index (χ3v) is 7.28. The van der Waals surface area contributed by atoms with E-state index in [2.05, 4.69) is 9.97 Å². The molecule has 4 rings (SSSR count). The number of hydrogen-bond acceptors (Lipinski definition) is 6. The van der Waals surface area contributed by atoms with Crippen LogP contribution in [0.25, 0.3) is 22.0 Å². The third kappa shape index (κ3) is 4.26. The minimum atomic E-state index is -4.49. The molecular weight excluding hydrogens is 449 g/mol. The zero-order chi connectivity index (χ0) is 22.2. The number of aromatic nitrogens is 2. The number of sulfone groups is 1. The second-order valence-corrected chi connectivity index (χ2v) is 9.60. The summed E-state index contributed by atoms with van der Waals surface area (Å²) in [6.07, 6.45) is -1.47. The molecule has 0 amide bonds. The lowest BCUT2D eigenvalue weighted by Gasteiger charge is -2.14. The van der Waals surface area contributed by atoms with Crippen LogP contribution >= 0.6 is 11.3 Å². The minimum absolute atomic E-state index is 0.0581. The first-order valence-corrected chi connectivity index (χ1v) is 11.5. The fraction of sp³-hybridized carbons (Fsp3) is 0.143. The quantitative estimate of drug-likeness (QED) is 0.398. The van der Waals surface area contributed by atoms with Gasteiger partial charge >= 0.3 is 6.18 Å². The van der Waals surface area contributed by atoms with Gasteiger partial charge in [-0.3, -0.25) is 4.98 Å². The van der Waals surface area contributed by atoms with E-state index in [-0.39, 0.29) is 16.4 Å². The molecule has 0 aliphatic carbocycles. The van der Waals surface area contributed by atoms with Crippen molar-refractivity contribution in [3.8, 4) is 16.9 Å². The van der Waals surface area contributed by atoms with Crippen molar-refractivity contribution in [2.75, 3.05) is 7.11 Å². The normalized spacial score (nSPS) is 12.3. The smallest absolute Gasteiger partial charge is 0.416 e. The molecule has 2 heterocycles. The zero-order valence-electron chi connectivity index (χ0n) is 16.1. The average Bonchev–Trinajstić information content (AvgIpc) is 3.24. The molecule has 0 N–H and O–H groups in total. The maximum Gasteiger partial charge on any atom is 0.416 e. The van der Waals surface area contributed by atoms with Gasteiger partial charge < -0.3 is 4.74 Å². The molecular formula is C21H15F3N2O3S2. The largest absolute Gasteiger partial charge is 0.496 e. The standard InChI is InChI=1S/C21H15F3N2O3S2/c1-29-19-10-13(21(22,23)24)2-4-17(19)15-6-7-25-18-11-14(3-5-16(15)18)31(27,28)12-20-26-8-9-30-20/h2-11H,12H2,1H3. The highest BCUT2D eigenvalue weighted by molar-refractivity contribution is 7.90. The summed E-state index contributed by atoms with van der Waals surface area (Å²) < 4.78 is 69.9. The third-order valence-electron chi connectivity index (χ3n) is 4.69. The van der Waals surface area contributed by atoms with E-state index in [0.717, 1.165) is 12.1 Å². The molecule has 0 aliphatic heterocycles. The predicted molar refractivity (Wildman–Crippen MR) is 112 cm³/mol. The van der Waals surface area contributed by atoms with Crippen molar-refractivity contribution in [1.29, 1.82) is 0 Å². The molecule has 0 saturated carbocycles. The number of methoxy groups -OCH3 is 1. The summed E-state index contributed by atoms with van der Waals surface area (Å²) in [5, 5.41) is 2.78. The molecule has 10 heteroatoms. The predicted octanol–water partition coefficient (Wildman–Crippen LogP) is 5.36. The van der Waals surface area contributed by atoms with Crippen LogP contribution < -0.4 is 4.74 Å². The Kier molecular flexibility index (Phi) is 5.44. The molecule has 0 unspecified atom stereocenters. The number of alkyl halides is 3. The van der Waals surface area contributed by atoms with Crippen LogP contribution in [0.4, 0.5) is 13.2 Å². The van der Waals surface area contributed by atoms with E-state index in [1.165, 1.54) is 42.8 Å². The van der Waals surface area contributed by atoms with Gasteiger partial charge in [-0.15, -0.1) is 11.3 Å². The van der Waals surface area contributed by atoms with Gasteiger partial charge in [0.1, 0.15) is 16.5 Å². The van der Waals surface area contributed by atoms with E-state index in [1.807, 2.05) is 0 Å². The Labute approximate surface area is 180 Å². The molecule has 5 nitrogen and oxygen atoms in total. The Morgan fingerprint density at radius 1 is 1.00 bits per heavy atom. The van der Waals surface area contributed by atoms with Gasteiger partial charge in [-0.2, -0.15) is 13.2 Å². The minimum Gasteiger partial charge on any atom is -0.496 e. The molecule has 0 fully saturated rings. The van der Waals surface area contributed by atoms with Gasteiger partial charge in [-0.05, 0) is 35.9 Å². The lowest BCUT2D eigenvalue weighted by molar-refractivity contribution is -0.137. The molecule has 2 aromatic carbocycles. The van der Waals surface area contributed by atoms with E-state index >= 15 is 0 Å². The number of pyridine rings is 1. The van der Waals surface area contributed by atoms with Crippen LogP contribution in [-0.4, -0.2) is 25.5 Å². The Morgan fingerprint density at radius 2 is 1.81 bits per heavy atom. The molecule has 160 valence electrons. The number of benzene rings is 2. The molecule has 0 bridgehead atoms. The summed E-state index contributed by atoms with van der Waals surface area (Å²) in [6, 6.07) is 9.43. The number of thiazole rings is 1. The van der Waals surface area contributed by atoms with Gasteiger partial charge in [0.2, 0.25) is 0 Å². The van der Waals surface area contributed by atoms with Gasteiger partial charge in [-0.1, -0.05) is 12.1 Å². The van der Waals surface area contributed by atoms with Gasteiger partial charge in [0, 0.05) is 28.7 Å². The van der Waals surface area contributed by atoms with Crippen molar-refractivity contribution in [2.24, 2.45) is 0 Å². The van der Waals surface area contributed by atoms with Crippen molar-refractivity contribution in [2.45, 2.75) is 16.8 Å². The second kappa shape index (κ2) is 7.93. The maximum atomic E-state index is 13.1. The van der Waals surface area contributed by atoms with Gasteiger partial charge in [-0.25, -0.2) is 13.4 Å². The van der Waals surface area contributed by atoms with Crippen LogP contribution in [0.3, 0.4) is 0 Å². The fourth-order valence-corrected chi connectivity index (χ4v) is 5.49. The highest BCUT2D eigenvalue weighted by Gasteiger charge is 2.31. The first kappa shape index (κ1) is 21.3. The molecule has 0 aliphatic rings. The van der Waals surface area contributed by atoms with E-state index in [1.54, 1.807) is 23.7 Å². The van der Waals surface area contributed by atoms with Gasteiger partial charge in [0.05, 0.1) is 23.1 Å². The molecule has 0 atom stereocenters. The summed E-state index contributed by atoms with van der Waals surface area (Å²) in [5.41, 5.74) is 0.613. The first-order chi connectivity index (χ1) is 14.7. The Hall–Kier alpha value is -2.98. The summed E-state index contributed by atoms with van der Waals surface area (Å²) in [4.78, 5) is 8.37. The van der Waals surface area contributed by atoms with Gasteiger partial charge in [0.15, 0.2) is 9.84 Å². The number of rotatable bonds is 5. The van der Waals surface area contributed by atoms with Crippen molar-refractivity contribution in [3.63, 3.8) is 0 Å². The average molecular weight is 464 g/mol. The molecule has 0 spiro atoms. The zero-order valence-corrected chi connectivity index (χ0v) is 17.7. The Bertz CT molecular complexity index is 1350. The van der Waals surface area contributed by atoms with Crippen LogP contribution in [0.15, 0.2) is 65.1 Å². The summed E-state index contributed by atoms with van der Waals surface area (Å²) in [5.74, 6) is -0.162. The van der Waals surface area contributed by atoms with Crippen LogP contribution in [0.1, 0.15) is 10.6 Å². The van der Waals surface area contributed by atoms with E-state index in [4.69, 9.17) is 4.74 Å². The number of ether oxygens (including phenoxy) is 1. The van der Waals surface area contributed by atoms with Crippen LogP contribution in [-0.2, 0) is 21.8 Å². The second-order valence-electron chi connectivity index (χ2n) is 6.64. The monoisotopic (exact) mass is 464 g/mol. The summed E-state index contributed by atoms with van der Waals surface area (Å²) in [7, 11) is -2.33. The Morgan fingerprint density at radius 3 is 2.48 bits per heavy atom. The SMILES string of the molecule is COc1cc(C(F)(F)F)ccc1-c1ccnc2cc(S(=O)(=O)Cc3nccs3)ccc12. The van der Waals surface area contributed by atoms with Crippen molar-refractivity contribution in [1.82, 2.24) is 9.97 Å². The molecule has 2 aromatic heterocycles. The molecule has 31 heavy (non-hydrogen) atoms. The number of halogens is 3. The van der Waals surface area contributed by atoms with E-state index < -0.39 is 21.6 Å². The van der Waals surface area contributed by atoms with Crippen LogP contribution in [0.2, 0.25) is 0 Å². The van der Waals surface area contributed by atoms with Gasteiger partial charge in [0.25, 0.3) is 0 Å². The molecule has 4 aromatic rings. The Balaban J connectivity index is 1.79. The summed E-state index contributed by atoms with van der Waals surface area (Å²) >= 11 is 1.25. The first-order valence-electron chi connectivity index (χ1n) is 8.94. The van der Waals surface area contributed by atoms with Crippen molar-refractivity contribution < 1.29 is 26.3 Å². The lowest BCUT2D eigenvalue weighted by Crippen LogP contribution is -2.05. The lowest BCUT2D eigenvalue weighted by atomic mass is 9.99. The topological polar surface area (TPSA) is 69.2 Å². The fourth-order valence-electron chi connectivity index (χ4n) is 3.22. The number of hydrogen-bond donors (Lipinski definition) is 0. The highest BCUT2D eigenvalue weighted by atomic mass is 32.2. The molecule has 0 saturated heterocycles. The summed E-state index contributed by atoms with van der Waals surface area (Å²) in [6.45, 7) is 0. The number of nitrogens with zero attached hydrogens (tertiary/aromatic N) is 2. The highest BCUT2D eigenvalue weighted by Crippen LogP contribution is 2.39. The maximum absolute atomic E-state index is 13.1. The van der Waals surface area contributed by atoms with Crippen LogP contribution in [0, 0.1) is 0 Å². The van der Waals surface area contributed by atoms with E-state index in [9.17, 15) is 21.6 Å². The van der Waals surface area contributed by atoms with Crippen molar-refractivity contribution in [3.05, 3.63) is 70.8 Å². The van der Waals surface area contributed by atoms with E-state index in [0.29, 0.717) is 27.0 Å². The molecule has 0 radical (unpaired) electrons. The van der Waals surface area contributed by atoms with Crippen molar-refractivity contribution >= 4 is 32.1 Å². The van der Waals surface area contributed by atoms with Crippen LogP contribution in [0.5, 0.6) is 5.75 Å².